The van der Waals surface area contributed by atoms with Crippen molar-refractivity contribution in [2.45, 2.75) is 45.6 Å². The molecule has 0 radical (unpaired) electrons. The van der Waals surface area contributed by atoms with Crippen LogP contribution in [0.15, 0.2) is 120 Å². The Labute approximate surface area is 257 Å². The number of aliphatic imine (C=N–C) groups is 1. The van der Waals surface area contributed by atoms with E-state index in [1.165, 1.54) is 10.6 Å². The minimum atomic E-state index is -1.46. The zero-order valence-electron chi connectivity index (χ0n) is 25.3. The second-order valence-corrected chi connectivity index (χ2v) is 13.2. The van der Waals surface area contributed by atoms with E-state index in [0.717, 1.165) is 29.3 Å². The van der Waals surface area contributed by atoms with Crippen LogP contribution >= 0.6 is 7.92 Å². The molecule has 4 aromatic carbocycles. The van der Waals surface area contributed by atoms with Gasteiger partial charge in [0.2, 0.25) is 11.8 Å². The van der Waals surface area contributed by atoms with Crippen LogP contribution < -0.4 is 27.0 Å². The molecule has 5 nitrogen and oxygen atoms in total. The van der Waals surface area contributed by atoms with E-state index in [9.17, 15) is 9.59 Å². The van der Waals surface area contributed by atoms with Crippen molar-refractivity contribution in [1.29, 1.82) is 0 Å². The first-order chi connectivity index (χ1) is 20.9. The summed E-state index contributed by atoms with van der Waals surface area (Å²) in [4.78, 5) is 32.4. The van der Waals surface area contributed by atoms with E-state index < -0.39 is 25.3 Å². The monoisotopic (exact) mass is 591 g/mol. The van der Waals surface area contributed by atoms with E-state index in [2.05, 4.69) is 66.8 Å². The van der Waals surface area contributed by atoms with E-state index >= 15 is 0 Å². The summed E-state index contributed by atoms with van der Waals surface area (Å²) in [6.45, 7) is 6.47. The Morgan fingerprint density at radius 3 is 1.91 bits per heavy atom. The average molecular weight is 592 g/mol. The highest BCUT2D eigenvalue weighted by atomic mass is 31.1. The quantitative estimate of drug-likeness (QED) is 0.115. The maximum absolute atomic E-state index is 13.8. The first-order valence-electron chi connectivity index (χ1n) is 15.0. The van der Waals surface area contributed by atoms with Crippen molar-refractivity contribution in [2.75, 3.05) is 6.54 Å². The van der Waals surface area contributed by atoms with Crippen molar-refractivity contribution < 1.29 is 9.59 Å². The summed E-state index contributed by atoms with van der Waals surface area (Å²) in [7, 11) is -0.909. The molecule has 4 rings (SSSR count). The molecule has 6 heteroatoms. The number of hydrogen-bond acceptors (Lipinski definition) is 3. The smallest absolute Gasteiger partial charge is 0.246 e. The maximum Gasteiger partial charge on any atom is 0.246 e. The van der Waals surface area contributed by atoms with Crippen molar-refractivity contribution in [1.82, 2.24) is 5.32 Å². The molecule has 43 heavy (non-hydrogen) atoms. The number of carbonyl (C=O) groups excluding carboxylic acids is 2. The van der Waals surface area contributed by atoms with Crippen molar-refractivity contribution in [3.05, 3.63) is 126 Å². The topological polar surface area (TPSA) is 84.6 Å². The Bertz CT molecular complexity index is 1450. The van der Waals surface area contributed by atoms with Crippen LogP contribution in [0.5, 0.6) is 0 Å². The van der Waals surface area contributed by atoms with Gasteiger partial charge in [0.15, 0.2) is 5.54 Å². The zero-order valence-corrected chi connectivity index (χ0v) is 26.2. The van der Waals surface area contributed by atoms with Crippen molar-refractivity contribution in [3.8, 4) is 0 Å². The summed E-state index contributed by atoms with van der Waals surface area (Å²) in [6, 6.07) is 38.9. The second kappa shape index (κ2) is 15.4. The van der Waals surface area contributed by atoms with Crippen molar-refractivity contribution in [2.24, 2.45) is 22.6 Å². The number of nitrogens with zero attached hydrogens (tertiary/aromatic N) is 1. The molecule has 0 aromatic heterocycles. The highest BCUT2D eigenvalue weighted by Gasteiger charge is 2.50. The predicted molar refractivity (Wildman–Crippen MR) is 181 cm³/mol. The molecular formula is C37H42N3O2P. The van der Waals surface area contributed by atoms with Crippen LogP contribution in [0.3, 0.4) is 0 Å². The second-order valence-electron chi connectivity index (χ2n) is 11.1. The first-order valence-corrected chi connectivity index (χ1v) is 16.4. The molecule has 0 aliphatic rings. The van der Waals surface area contributed by atoms with Gasteiger partial charge in [-0.1, -0.05) is 142 Å². The molecular weight excluding hydrogens is 549 g/mol. The molecule has 0 heterocycles. The van der Waals surface area contributed by atoms with Crippen LogP contribution in [0.2, 0.25) is 0 Å². The molecule has 0 fully saturated rings. The lowest BCUT2D eigenvalue weighted by molar-refractivity contribution is -0.136. The van der Waals surface area contributed by atoms with Crippen LogP contribution in [0.25, 0.3) is 0 Å². The van der Waals surface area contributed by atoms with Gasteiger partial charge in [0.05, 0.1) is 5.92 Å². The highest BCUT2D eigenvalue weighted by Crippen LogP contribution is 2.36. The molecule has 0 aliphatic carbocycles. The fraction of sp³-hybridized carbons (Fsp3) is 0.270. The van der Waals surface area contributed by atoms with Gasteiger partial charge < -0.3 is 11.1 Å². The standard InChI is InChI=1S/C37H42N3O2P/c1-4-5-25-39-35(41)33(26-29-17-9-6-10-18-29)37(28(2)3,36(38)42)40-27-30-19-15-16-24-34(30)43(31-20-11-7-12-21-31)32-22-13-8-14-23-32/h6-24,27-28,33H,4-5,25-26H2,1-3H3,(H2,38,42)(H,39,41)/t33-,37?/m1/s1. The van der Waals surface area contributed by atoms with E-state index in [-0.39, 0.29) is 11.8 Å². The molecule has 3 N–H and O–H groups in total. The number of rotatable bonds is 14. The third-order valence-corrected chi connectivity index (χ3v) is 10.4. The van der Waals surface area contributed by atoms with Crippen LogP contribution in [0.1, 0.15) is 44.7 Å². The van der Waals surface area contributed by atoms with Gasteiger partial charge in [-0.25, -0.2) is 0 Å². The Morgan fingerprint density at radius 1 is 0.837 bits per heavy atom. The number of unbranched alkanes of at least 4 members (excludes halogenated alkanes) is 1. The number of nitrogens with two attached hydrogens (primary N) is 1. The highest BCUT2D eigenvalue weighted by molar-refractivity contribution is 7.80. The lowest BCUT2D eigenvalue weighted by Gasteiger charge is -2.37. The number of benzene rings is 4. The molecule has 222 valence electrons. The third kappa shape index (κ3) is 7.66. The van der Waals surface area contributed by atoms with E-state index in [0.29, 0.717) is 13.0 Å². The number of primary amides is 1. The van der Waals surface area contributed by atoms with Gasteiger partial charge in [0.25, 0.3) is 0 Å². The lowest BCUT2D eigenvalue weighted by atomic mass is 9.71. The SMILES string of the molecule is CCCCNC(=O)[C@@H](Cc1ccccc1)C(N=Cc1ccccc1P(c1ccccc1)c1ccccc1)(C(N)=O)C(C)C. The number of hydrogen-bond donors (Lipinski definition) is 2. The van der Waals surface area contributed by atoms with Gasteiger partial charge in [-0.3, -0.25) is 14.6 Å². The van der Waals surface area contributed by atoms with Gasteiger partial charge in [-0.2, -0.15) is 0 Å². The Morgan fingerprint density at radius 2 is 1.37 bits per heavy atom. The van der Waals surface area contributed by atoms with Crippen LogP contribution in [-0.2, 0) is 16.0 Å². The molecule has 2 amide bonds. The molecule has 0 bridgehead atoms. The van der Waals surface area contributed by atoms with Crippen LogP contribution in [0, 0.1) is 11.8 Å². The molecule has 0 saturated carbocycles. The molecule has 4 aromatic rings. The Balaban J connectivity index is 1.84. The van der Waals surface area contributed by atoms with Gasteiger partial charge in [-0.05, 0) is 48.2 Å². The predicted octanol–water partition coefficient (Wildman–Crippen LogP) is 5.52. The Hall–Kier alpha value is -4.08. The first kappa shape index (κ1) is 31.8. The Kier molecular flexibility index (Phi) is 11.4. The minimum Gasteiger partial charge on any atom is -0.368 e. The average Bonchev–Trinajstić information content (AvgIpc) is 3.03. The summed E-state index contributed by atoms with van der Waals surface area (Å²) in [5.41, 5.74) is 6.63. The minimum absolute atomic E-state index is 0.203. The normalized spacial score (nSPS) is 13.6. The van der Waals surface area contributed by atoms with Crippen LogP contribution in [-0.4, -0.2) is 30.1 Å². The summed E-state index contributed by atoms with van der Waals surface area (Å²) >= 11 is 0. The van der Waals surface area contributed by atoms with Gasteiger partial charge in [0, 0.05) is 18.3 Å². The van der Waals surface area contributed by atoms with Crippen molar-refractivity contribution >= 4 is 41.9 Å². The van der Waals surface area contributed by atoms with E-state index in [4.69, 9.17) is 10.7 Å². The molecule has 2 atom stereocenters. The maximum atomic E-state index is 13.8. The largest absolute Gasteiger partial charge is 0.368 e. The number of amides is 2. The van der Waals surface area contributed by atoms with Gasteiger partial charge in [0.1, 0.15) is 0 Å². The lowest BCUT2D eigenvalue weighted by Crippen LogP contribution is -2.58. The molecule has 0 saturated heterocycles. The molecule has 0 aliphatic heterocycles. The zero-order chi connectivity index (χ0) is 30.7. The number of carbonyl (C=O) groups is 2. The molecule has 0 spiro atoms. The summed E-state index contributed by atoms with van der Waals surface area (Å²) in [5, 5.41) is 6.62. The van der Waals surface area contributed by atoms with Crippen molar-refractivity contribution in [3.63, 3.8) is 0 Å². The van der Waals surface area contributed by atoms with E-state index in [1.807, 2.05) is 74.5 Å². The molecule has 1 unspecified atom stereocenters. The summed E-state index contributed by atoms with van der Waals surface area (Å²) < 4.78 is 0. The third-order valence-electron chi connectivity index (χ3n) is 7.86. The fourth-order valence-electron chi connectivity index (χ4n) is 5.53. The fourth-order valence-corrected chi connectivity index (χ4v) is 7.95. The van der Waals surface area contributed by atoms with Crippen LogP contribution in [0.4, 0.5) is 0 Å². The number of nitrogens with one attached hydrogen (secondary N) is 1. The van der Waals surface area contributed by atoms with Gasteiger partial charge >= 0.3 is 0 Å². The van der Waals surface area contributed by atoms with E-state index in [1.54, 1.807) is 6.21 Å². The summed E-state index contributed by atoms with van der Waals surface area (Å²) in [5.74, 6) is -1.91. The van der Waals surface area contributed by atoms with Gasteiger partial charge in [-0.15, -0.1) is 0 Å². The summed E-state index contributed by atoms with van der Waals surface area (Å²) in [6.07, 6.45) is 3.93.